The summed E-state index contributed by atoms with van der Waals surface area (Å²) in [4.78, 5) is 14.6. The molecule has 150 valence electrons. The first-order valence-corrected chi connectivity index (χ1v) is 10.5. The number of rotatable bonds is 6. The van der Waals surface area contributed by atoms with Crippen LogP contribution in [0.5, 0.6) is 0 Å². The molecule has 0 unspecified atom stereocenters. The highest BCUT2D eigenvalue weighted by Crippen LogP contribution is 2.52. The SMILES string of the molecule is CC(C)[C@H]1COC(C2C(C3=N[C@@H](C(C)C)CO3)C2C2=N[C@@H](C(C)C)CO2)=N1. The third-order valence-corrected chi connectivity index (χ3v) is 6.27. The summed E-state index contributed by atoms with van der Waals surface area (Å²) in [5, 5.41) is 0. The van der Waals surface area contributed by atoms with Gasteiger partial charge in [-0.25, -0.2) is 15.0 Å². The van der Waals surface area contributed by atoms with E-state index >= 15 is 0 Å². The Morgan fingerprint density at radius 3 is 1.00 bits per heavy atom. The van der Waals surface area contributed by atoms with Crippen LogP contribution >= 0.6 is 0 Å². The van der Waals surface area contributed by atoms with E-state index in [2.05, 4.69) is 41.5 Å². The van der Waals surface area contributed by atoms with Crippen LogP contribution in [0.25, 0.3) is 0 Å². The van der Waals surface area contributed by atoms with Crippen LogP contribution in [0.4, 0.5) is 0 Å². The van der Waals surface area contributed by atoms with E-state index in [9.17, 15) is 0 Å². The molecule has 0 saturated heterocycles. The lowest BCUT2D eigenvalue weighted by Gasteiger charge is -2.06. The average molecular weight is 376 g/mol. The summed E-state index contributed by atoms with van der Waals surface area (Å²) in [6.07, 6.45) is 0. The Bertz CT molecular complexity index is 571. The first-order chi connectivity index (χ1) is 12.9. The Kier molecular flexibility index (Phi) is 4.93. The molecule has 0 radical (unpaired) electrons. The van der Waals surface area contributed by atoms with E-state index < -0.39 is 0 Å². The summed E-state index contributed by atoms with van der Waals surface area (Å²) in [6.45, 7) is 15.2. The molecule has 1 saturated carbocycles. The van der Waals surface area contributed by atoms with Gasteiger partial charge in [-0.2, -0.15) is 0 Å². The number of aliphatic imine (C=N–C) groups is 3. The highest BCUT2D eigenvalue weighted by atomic mass is 16.5. The number of hydrogen-bond donors (Lipinski definition) is 0. The summed E-state index contributed by atoms with van der Waals surface area (Å²) in [5.74, 6) is 4.46. The topological polar surface area (TPSA) is 64.8 Å². The number of nitrogens with zero attached hydrogens (tertiary/aromatic N) is 3. The third kappa shape index (κ3) is 3.47. The van der Waals surface area contributed by atoms with Crippen molar-refractivity contribution in [3.8, 4) is 0 Å². The van der Waals surface area contributed by atoms with Gasteiger partial charge in [0.15, 0.2) is 17.7 Å². The van der Waals surface area contributed by atoms with Crippen LogP contribution in [0.2, 0.25) is 0 Å². The molecular formula is C21H33N3O3. The van der Waals surface area contributed by atoms with E-state index in [0.717, 1.165) is 17.7 Å². The van der Waals surface area contributed by atoms with Crippen LogP contribution in [0.15, 0.2) is 15.0 Å². The van der Waals surface area contributed by atoms with Gasteiger partial charge in [0.2, 0.25) is 0 Å². The standard InChI is InChI=1S/C21H33N3O3/c1-10(2)13-7-25-19(22-13)16-17(20-23-14(8-26-20)11(3)4)18(16)21-24-15(9-27-21)12(5)6/h10-18H,7-9H2,1-6H3/t13-,14-,15-,16?,17?,18?/m1/s1. The molecule has 0 aromatic heterocycles. The van der Waals surface area contributed by atoms with E-state index in [-0.39, 0.29) is 35.9 Å². The molecular weight excluding hydrogens is 342 g/mol. The zero-order valence-corrected chi connectivity index (χ0v) is 17.4. The maximum Gasteiger partial charge on any atom is 0.188 e. The Labute approximate surface area is 162 Å². The van der Waals surface area contributed by atoms with Crippen molar-refractivity contribution in [2.45, 2.75) is 59.7 Å². The molecule has 3 atom stereocenters. The smallest absolute Gasteiger partial charge is 0.188 e. The first-order valence-electron chi connectivity index (χ1n) is 10.5. The van der Waals surface area contributed by atoms with Gasteiger partial charge in [0, 0.05) is 0 Å². The molecule has 1 aliphatic carbocycles. The van der Waals surface area contributed by atoms with Crippen molar-refractivity contribution in [3.63, 3.8) is 0 Å². The molecule has 3 aliphatic heterocycles. The van der Waals surface area contributed by atoms with Crippen molar-refractivity contribution >= 4 is 17.7 Å². The van der Waals surface area contributed by atoms with Gasteiger partial charge >= 0.3 is 0 Å². The molecule has 27 heavy (non-hydrogen) atoms. The molecule has 0 aromatic rings. The molecule has 4 rings (SSSR count). The van der Waals surface area contributed by atoms with Gasteiger partial charge in [0.1, 0.15) is 19.8 Å². The highest BCUT2D eigenvalue weighted by molar-refractivity contribution is 6.03. The van der Waals surface area contributed by atoms with E-state index in [4.69, 9.17) is 29.2 Å². The van der Waals surface area contributed by atoms with Crippen LogP contribution in [0.1, 0.15) is 41.5 Å². The van der Waals surface area contributed by atoms with Crippen molar-refractivity contribution in [2.24, 2.45) is 50.5 Å². The second-order valence-corrected chi connectivity index (χ2v) is 9.35. The lowest BCUT2D eigenvalue weighted by molar-refractivity contribution is 0.277. The van der Waals surface area contributed by atoms with Crippen LogP contribution in [-0.2, 0) is 14.2 Å². The fraction of sp³-hybridized carbons (Fsp3) is 0.857. The monoisotopic (exact) mass is 375 g/mol. The molecule has 6 nitrogen and oxygen atoms in total. The fourth-order valence-electron chi connectivity index (χ4n) is 4.03. The normalized spacial score (nSPS) is 37.9. The van der Waals surface area contributed by atoms with E-state index in [1.54, 1.807) is 0 Å². The minimum atomic E-state index is 0.156. The van der Waals surface area contributed by atoms with Crippen molar-refractivity contribution in [1.29, 1.82) is 0 Å². The molecule has 0 amide bonds. The minimum absolute atomic E-state index is 0.156. The molecule has 3 heterocycles. The highest BCUT2D eigenvalue weighted by Gasteiger charge is 2.64. The molecule has 0 N–H and O–H groups in total. The van der Waals surface area contributed by atoms with E-state index in [1.807, 2.05) is 0 Å². The van der Waals surface area contributed by atoms with Crippen molar-refractivity contribution in [2.75, 3.05) is 19.8 Å². The van der Waals surface area contributed by atoms with Crippen molar-refractivity contribution in [3.05, 3.63) is 0 Å². The zero-order valence-electron chi connectivity index (χ0n) is 17.4. The summed E-state index contributed by atoms with van der Waals surface area (Å²) in [7, 11) is 0. The molecule has 0 aromatic carbocycles. The van der Waals surface area contributed by atoms with Crippen LogP contribution in [0.3, 0.4) is 0 Å². The molecule has 1 fully saturated rings. The Morgan fingerprint density at radius 1 is 0.556 bits per heavy atom. The summed E-state index contributed by atoms with van der Waals surface area (Å²) >= 11 is 0. The maximum absolute atomic E-state index is 6.01. The Balaban J connectivity index is 1.57. The van der Waals surface area contributed by atoms with Gasteiger partial charge in [-0.3, -0.25) is 0 Å². The predicted molar refractivity (Wildman–Crippen MR) is 107 cm³/mol. The van der Waals surface area contributed by atoms with Gasteiger partial charge in [0.25, 0.3) is 0 Å². The molecule has 6 heteroatoms. The molecule has 0 spiro atoms. The van der Waals surface area contributed by atoms with E-state index in [0.29, 0.717) is 37.6 Å². The first kappa shape index (κ1) is 18.8. The van der Waals surface area contributed by atoms with Gasteiger partial charge in [-0.1, -0.05) is 41.5 Å². The van der Waals surface area contributed by atoms with Crippen LogP contribution in [-0.4, -0.2) is 55.6 Å². The van der Waals surface area contributed by atoms with E-state index in [1.165, 1.54) is 0 Å². The maximum atomic E-state index is 6.01. The molecule has 4 aliphatic rings. The second kappa shape index (κ2) is 7.10. The van der Waals surface area contributed by atoms with Crippen molar-refractivity contribution in [1.82, 2.24) is 0 Å². The zero-order chi connectivity index (χ0) is 19.3. The quantitative estimate of drug-likeness (QED) is 0.716. The lowest BCUT2D eigenvalue weighted by Crippen LogP contribution is -2.13. The summed E-state index contributed by atoms with van der Waals surface area (Å²) in [6, 6.07) is 0.727. The van der Waals surface area contributed by atoms with Crippen LogP contribution < -0.4 is 0 Å². The van der Waals surface area contributed by atoms with Gasteiger partial charge < -0.3 is 14.2 Å². The fourth-order valence-corrected chi connectivity index (χ4v) is 4.03. The average Bonchev–Trinajstić information content (AvgIpc) is 3.12. The second-order valence-electron chi connectivity index (χ2n) is 9.35. The minimum Gasteiger partial charge on any atom is -0.478 e. The number of hydrogen-bond acceptors (Lipinski definition) is 6. The Morgan fingerprint density at radius 2 is 0.815 bits per heavy atom. The Hall–Kier alpha value is -1.59. The lowest BCUT2D eigenvalue weighted by atomic mass is 10.1. The summed E-state index contributed by atoms with van der Waals surface area (Å²) in [5.41, 5.74) is 0. The van der Waals surface area contributed by atoms with Gasteiger partial charge in [0.05, 0.1) is 35.9 Å². The van der Waals surface area contributed by atoms with Crippen molar-refractivity contribution < 1.29 is 14.2 Å². The third-order valence-electron chi connectivity index (χ3n) is 6.27. The summed E-state index contributed by atoms with van der Waals surface area (Å²) < 4.78 is 18.0. The largest absolute Gasteiger partial charge is 0.478 e. The number of ether oxygens (including phenoxy) is 3. The van der Waals surface area contributed by atoms with Crippen LogP contribution in [0, 0.1) is 35.5 Å². The molecule has 0 bridgehead atoms. The van der Waals surface area contributed by atoms with Gasteiger partial charge in [-0.05, 0) is 17.8 Å². The van der Waals surface area contributed by atoms with Gasteiger partial charge in [-0.15, -0.1) is 0 Å². The predicted octanol–water partition coefficient (Wildman–Crippen LogP) is 3.21.